The summed E-state index contributed by atoms with van der Waals surface area (Å²) in [7, 11) is 0. The number of H-pyrrole nitrogens is 1. The molecule has 8 heteroatoms. The van der Waals surface area contributed by atoms with E-state index in [-0.39, 0.29) is 0 Å². The maximum Gasteiger partial charge on any atom is 0.413 e. The molecule has 20 heavy (non-hydrogen) atoms. The van der Waals surface area contributed by atoms with Crippen molar-refractivity contribution >= 4 is 27.8 Å². The molecular formula is C12H14BrN5O2. The van der Waals surface area contributed by atoms with Crippen LogP contribution in [0.3, 0.4) is 0 Å². The Morgan fingerprint density at radius 2 is 2.20 bits per heavy atom. The van der Waals surface area contributed by atoms with E-state index in [1.807, 2.05) is 0 Å². The average Bonchev–Trinajstić information content (AvgIpc) is 2.70. The number of aromatic amines is 1. The van der Waals surface area contributed by atoms with Crippen molar-refractivity contribution in [2.24, 2.45) is 0 Å². The van der Waals surface area contributed by atoms with E-state index < -0.39 is 11.7 Å². The van der Waals surface area contributed by atoms with Gasteiger partial charge in [0.2, 0.25) is 0 Å². The van der Waals surface area contributed by atoms with Gasteiger partial charge in [0.1, 0.15) is 17.0 Å². The van der Waals surface area contributed by atoms with Crippen LogP contribution in [-0.2, 0) is 4.74 Å². The maximum atomic E-state index is 11.7. The topological polar surface area (TPSA) is 92.8 Å². The molecule has 0 saturated heterocycles. The third kappa shape index (κ3) is 3.53. The molecule has 0 fully saturated rings. The molecule has 2 aromatic rings. The molecule has 1 amide bonds. The van der Waals surface area contributed by atoms with Gasteiger partial charge in [0, 0.05) is 6.20 Å². The van der Waals surface area contributed by atoms with Crippen LogP contribution in [0, 0.1) is 0 Å². The number of halogens is 1. The summed E-state index contributed by atoms with van der Waals surface area (Å²) < 4.78 is 5.75. The van der Waals surface area contributed by atoms with Gasteiger partial charge in [-0.2, -0.15) is 10.2 Å². The predicted octanol–water partition coefficient (Wildman–Crippen LogP) is 2.98. The number of carbonyl (C=O) groups is 1. The van der Waals surface area contributed by atoms with E-state index in [9.17, 15) is 4.79 Å². The van der Waals surface area contributed by atoms with Crippen LogP contribution in [0.2, 0.25) is 0 Å². The third-order valence-electron chi connectivity index (χ3n) is 2.15. The van der Waals surface area contributed by atoms with Crippen molar-refractivity contribution in [1.29, 1.82) is 0 Å². The van der Waals surface area contributed by atoms with Gasteiger partial charge < -0.3 is 4.74 Å². The Bertz CT molecular complexity index is 606. The molecule has 0 spiro atoms. The number of amides is 1. The molecule has 106 valence electrons. The first-order valence-electron chi connectivity index (χ1n) is 5.89. The number of anilines is 1. The van der Waals surface area contributed by atoms with Crippen LogP contribution in [-0.4, -0.2) is 32.1 Å². The second kappa shape index (κ2) is 5.58. The van der Waals surface area contributed by atoms with Gasteiger partial charge in [-0.05, 0) is 48.8 Å². The van der Waals surface area contributed by atoms with Gasteiger partial charge in [0.25, 0.3) is 0 Å². The first-order chi connectivity index (χ1) is 9.37. The summed E-state index contributed by atoms with van der Waals surface area (Å²) in [6.45, 7) is 5.37. The molecule has 0 radical (unpaired) electrons. The van der Waals surface area contributed by atoms with Crippen LogP contribution in [0.4, 0.5) is 10.6 Å². The van der Waals surface area contributed by atoms with Crippen LogP contribution in [0.25, 0.3) is 11.4 Å². The van der Waals surface area contributed by atoms with E-state index in [1.165, 1.54) is 0 Å². The SMILES string of the molecule is CC(C)(C)OC(=O)Nc1n[nH]c(-c2cccnn2)c1Br. The number of hydrogen-bond acceptors (Lipinski definition) is 5. The first-order valence-corrected chi connectivity index (χ1v) is 6.68. The number of nitrogens with one attached hydrogen (secondary N) is 2. The van der Waals surface area contributed by atoms with Gasteiger partial charge in [0.15, 0.2) is 5.82 Å². The predicted molar refractivity (Wildman–Crippen MR) is 77.2 cm³/mol. The van der Waals surface area contributed by atoms with Crippen molar-refractivity contribution in [3.8, 4) is 11.4 Å². The van der Waals surface area contributed by atoms with Crippen molar-refractivity contribution in [3.05, 3.63) is 22.8 Å². The fourth-order valence-electron chi connectivity index (χ4n) is 1.42. The second-order valence-corrected chi connectivity index (χ2v) is 5.79. The molecule has 0 saturated carbocycles. The number of hydrogen-bond donors (Lipinski definition) is 2. The van der Waals surface area contributed by atoms with Crippen LogP contribution in [0.15, 0.2) is 22.8 Å². The fraction of sp³-hybridized carbons (Fsp3) is 0.333. The fourth-order valence-corrected chi connectivity index (χ4v) is 1.90. The summed E-state index contributed by atoms with van der Waals surface area (Å²) in [5.41, 5.74) is 0.675. The van der Waals surface area contributed by atoms with Gasteiger partial charge in [-0.3, -0.25) is 10.4 Å². The second-order valence-electron chi connectivity index (χ2n) is 5.00. The quantitative estimate of drug-likeness (QED) is 0.877. The lowest BCUT2D eigenvalue weighted by Gasteiger charge is -2.19. The van der Waals surface area contributed by atoms with E-state index in [4.69, 9.17) is 4.74 Å². The van der Waals surface area contributed by atoms with Crippen molar-refractivity contribution in [3.63, 3.8) is 0 Å². The molecule has 0 unspecified atom stereocenters. The molecule has 2 heterocycles. The summed E-state index contributed by atoms with van der Waals surface area (Å²) in [5, 5.41) is 17.1. The normalized spacial score (nSPS) is 11.2. The highest BCUT2D eigenvalue weighted by Gasteiger charge is 2.20. The third-order valence-corrected chi connectivity index (χ3v) is 2.93. The Morgan fingerprint density at radius 1 is 1.45 bits per heavy atom. The number of nitrogens with zero attached hydrogens (tertiary/aromatic N) is 3. The van der Waals surface area contributed by atoms with E-state index in [0.717, 1.165) is 0 Å². The first kappa shape index (κ1) is 14.4. The average molecular weight is 340 g/mol. The molecule has 0 bridgehead atoms. The Kier molecular flexibility index (Phi) is 4.03. The molecule has 0 aliphatic heterocycles. The standard InChI is InChI=1S/C12H14BrN5O2/c1-12(2,3)20-11(19)15-10-8(13)9(17-18-10)7-5-4-6-14-16-7/h4-6H,1-3H3,(H2,15,17,18,19). The van der Waals surface area contributed by atoms with Crippen molar-refractivity contribution in [1.82, 2.24) is 20.4 Å². The van der Waals surface area contributed by atoms with Crippen LogP contribution in [0.5, 0.6) is 0 Å². The molecule has 7 nitrogen and oxygen atoms in total. The molecule has 0 atom stereocenters. The summed E-state index contributed by atoms with van der Waals surface area (Å²) in [6.07, 6.45) is 1.00. The smallest absolute Gasteiger partial charge is 0.413 e. The van der Waals surface area contributed by atoms with Gasteiger partial charge in [-0.25, -0.2) is 4.79 Å². The molecule has 0 aliphatic rings. The largest absolute Gasteiger partial charge is 0.444 e. The minimum atomic E-state index is -0.574. The number of rotatable bonds is 2. The monoisotopic (exact) mass is 339 g/mol. The molecule has 0 aliphatic carbocycles. The van der Waals surface area contributed by atoms with Crippen molar-refractivity contribution in [2.75, 3.05) is 5.32 Å². The lowest BCUT2D eigenvalue weighted by atomic mass is 10.2. The Morgan fingerprint density at radius 3 is 2.80 bits per heavy atom. The van der Waals surface area contributed by atoms with E-state index >= 15 is 0 Å². The minimum Gasteiger partial charge on any atom is -0.444 e. The zero-order valence-corrected chi connectivity index (χ0v) is 12.9. The molecule has 2 N–H and O–H groups in total. The maximum absolute atomic E-state index is 11.7. The molecule has 2 rings (SSSR count). The van der Waals surface area contributed by atoms with Crippen molar-refractivity contribution in [2.45, 2.75) is 26.4 Å². The van der Waals surface area contributed by atoms with Crippen LogP contribution in [0.1, 0.15) is 20.8 Å². The summed E-state index contributed by atoms with van der Waals surface area (Å²) >= 11 is 3.36. The Hall–Kier alpha value is -1.96. The number of aromatic nitrogens is 4. The van der Waals surface area contributed by atoms with Crippen LogP contribution >= 0.6 is 15.9 Å². The van der Waals surface area contributed by atoms with E-state index in [2.05, 4.69) is 41.6 Å². The highest BCUT2D eigenvalue weighted by molar-refractivity contribution is 9.10. The van der Waals surface area contributed by atoms with Gasteiger partial charge >= 0.3 is 6.09 Å². The molecule has 2 aromatic heterocycles. The zero-order chi connectivity index (χ0) is 14.8. The van der Waals surface area contributed by atoms with Crippen LogP contribution < -0.4 is 5.32 Å². The molecular weight excluding hydrogens is 326 g/mol. The summed E-state index contributed by atoms with van der Waals surface area (Å²) in [6, 6.07) is 3.54. The summed E-state index contributed by atoms with van der Waals surface area (Å²) in [4.78, 5) is 11.7. The lowest BCUT2D eigenvalue weighted by molar-refractivity contribution is 0.0635. The zero-order valence-electron chi connectivity index (χ0n) is 11.3. The highest BCUT2D eigenvalue weighted by atomic mass is 79.9. The Labute approximate surface area is 124 Å². The highest BCUT2D eigenvalue weighted by Crippen LogP contribution is 2.30. The van der Waals surface area contributed by atoms with Gasteiger partial charge in [-0.1, -0.05) is 0 Å². The lowest BCUT2D eigenvalue weighted by Crippen LogP contribution is -2.27. The summed E-state index contributed by atoms with van der Waals surface area (Å²) in [5.74, 6) is 0.333. The van der Waals surface area contributed by atoms with Gasteiger partial charge in [-0.15, -0.1) is 5.10 Å². The molecule has 0 aromatic carbocycles. The number of ether oxygens (including phenoxy) is 1. The van der Waals surface area contributed by atoms with Gasteiger partial charge in [0.05, 0.1) is 4.47 Å². The minimum absolute atomic E-state index is 0.333. The Balaban J connectivity index is 2.16. The van der Waals surface area contributed by atoms with E-state index in [1.54, 1.807) is 39.1 Å². The number of carbonyl (C=O) groups excluding carboxylic acids is 1. The van der Waals surface area contributed by atoms with Crippen molar-refractivity contribution < 1.29 is 9.53 Å². The van der Waals surface area contributed by atoms with E-state index in [0.29, 0.717) is 21.7 Å².